The molecule has 1 aromatic carbocycles. The van der Waals surface area contributed by atoms with Gasteiger partial charge < -0.3 is 39.0 Å². The van der Waals surface area contributed by atoms with Crippen LogP contribution in [0.2, 0.25) is 0 Å². The first kappa shape index (κ1) is 51.4. The Morgan fingerprint density at radius 2 is 1.84 bits per heavy atom. The Labute approximate surface area is 416 Å². The number of benzene rings is 1. The third-order valence-electron chi connectivity index (χ3n) is 15.0. The molecule has 16 nitrogen and oxygen atoms in total. The number of carbonyl (C=O) groups excluding carboxylic acids is 4. The van der Waals surface area contributed by atoms with Gasteiger partial charge >= 0.3 is 12.1 Å². The number of hydrogen-bond donors (Lipinski definition) is 3. The maximum absolute atomic E-state index is 14.3. The van der Waals surface area contributed by atoms with E-state index in [2.05, 4.69) is 79.1 Å². The van der Waals surface area contributed by atoms with E-state index in [4.69, 9.17) is 24.2 Å². The van der Waals surface area contributed by atoms with Gasteiger partial charge in [-0.1, -0.05) is 33.8 Å². The summed E-state index contributed by atoms with van der Waals surface area (Å²) in [5, 5.41) is 20.8. The first-order valence-corrected chi connectivity index (χ1v) is 26.0. The molecule has 70 heavy (non-hydrogen) atoms. The number of ether oxygens (including phenoxy) is 3. The minimum absolute atomic E-state index is 0.116. The fourth-order valence-electron chi connectivity index (χ4n) is 10.4. The smallest absolute Gasteiger partial charge is 0.410 e. The Morgan fingerprint density at radius 1 is 1.11 bits per heavy atom. The molecule has 3 aromatic heterocycles. The van der Waals surface area contributed by atoms with E-state index in [1.165, 1.54) is 16.3 Å². The Morgan fingerprint density at radius 3 is 2.51 bits per heavy atom. The van der Waals surface area contributed by atoms with Crippen LogP contribution in [-0.2, 0) is 53.6 Å². The number of methoxy groups -OCH3 is 1. The lowest BCUT2D eigenvalue weighted by Crippen LogP contribution is -2.60. The number of rotatable bonds is 10. The normalized spacial score (nSPS) is 24.4. The van der Waals surface area contributed by atoms with Crippen molar-refractivity contribution >= 4 is 46.1 Å². The summed E-state index contributed by atoms with van der Waals surface area (Å²) < 4.78 is 20.0. The molecular formula is C53H74N8O8S. The number of likely N-dealkylation sites (N-methyl/N-ethyl adjacent to an activating group) is 1. The zero-order valence-corrected chi connectivity index (χ0v) is 43.8. The summed E-state index contributed by atoms with van der Waals surface area (Å²) in [6.07, 6.45) is 3.85. The molecule has 17 heteroatoms. The van der Waals surface area contributed by atoms with Gasteiger partial charge in [0.1, 0.15) is 17.7 Å². The van der Waals surface area contributed by atoms with Crippen LogP contribution in [-0.4, -0.2) is 130 Å². The molecule has 6 bridgehead atoms. The highest BCUT2D eigenvalue weighted by Gasteiger charge is 2.49. The van der Waals surface area contributed by atoms with Crippen LogP contribution >= 0.6 is 11.3 Å². The number of nitrogens with zero attached hydrogens (tertiary/aromatic N) is 6. The van der Waals surface area contributed by atoms with Crippen molar-refractivity contribution < 1.29 is 38.5 Å². The van der Waals surface area contributed by atoms with Gasteiger partial charge in [-0.2, -0.15) is 0 Å². The van der Waals surface area contributed by atoms with E-state index < -0.39 is 34.7 Å². The number of thiazole rings is 1. The van der Waals surface area contributed by atoms with Gasteiger partial charge in [-0.25, -0.2) is 15.2 Å². The number of likely N-dealkylation sites (tertiary alicyclic amines) is 1. The van der Waals surface area contributed by atoms with Crippen LogP contribution in [0.5, 0.6) is 0 Å². The molecular weight excluding hydrogens is 909 g/mol. The van der Waals surface area contributed by atoms with E-state index in [9.17, 15) is 24.3 Å². The molecule has 380 valence electrons. The number of hydrazine groups is 1. The van der Waals surface area contributed by atoms with Crippen LogP contribution in [0, 0.1) is 23.2 Å². The number of pyridine rings is 1. The molecule has 2 saturated heterocycles. The number of carbonyl (C=O) groups is 4. The molecule has 1 unspecified atom stereocenters. The van der Waals surface area contributed by atoms with E-state index in [1.54, 1.807) is 25.3 Å². The van der Waals surface area contributed by atoms with Crippen molar-refractivity contribution in [2.75, 3.05) is 53.5 Å². The molecule has 4 aromatic rings. The van der Waals surface area contributed by atoms with Crippen LogP contribution in [0.3, 0.4) is 0 Å². The standard InChI is InChI=1S/C53H74N8O8S/c1-12-60-42-16-15-34-24-36(42)38(46(60)37-25-35(28-54-45(37)33(4)67-11)53(66)17-20-59(21-18-53)23-22-58(10)50(65)69-51(5,6)7)27-52(8,9)30-68-49(64)39-14-13-19-61(57-39)48(63)40(26-43-55-41(34)29-70-43)56-47(62)44-31(2)32(44)3/h15-16,24-25,28-29,31-33,39-40,44,57,66H,12-14,17-23,26-27,30H2,1-11H3,(H,56,62)/t31-,32+,33-,39-,40-,44?/m0/s1. The first-order valence-electron chi connectivity index (χ1n) is 25.2. The zero-order chi connectivity index (χ0) is 50.4. The van der Waals surface area contributed by atoms with Gasteiger partial charge in [0.2, 0.25) is 5.91 Å². The average molecular weight is 983 g/mol. The van der Waals surface area contributed by atoms with E-state index in [-0.39, 0.29) is 54.8 Å². The summed E-state index contributed by atoms with van der Waals surface area (Å²) in [5.41, 5.74) is 7.92. The Kier molecular flexibility index (Phi) is 14.9. The summed E-state index contributed by atoms with van der Waals surface area (Å²) >= 11 is 1.46. The van der Waals surface area contributed by atoms with Crippen LogP contribution in [0.25, 0.3) is 33.4 Å². The third kappa shape index (κ3) is 10.9. The highest BCUT2D eigenvalue weighted by Crippen LogP contribution is 2.46. The summed E-state index contributed by atoms with van der Waals surface area (Å²) in [4.78, 5) is 68.5. The molecule has 1 saturated carbocycles. The van der Waals surface area contributed by atoms with Gasteiger partial charge in [-0.15, -0.1) is 11.3 Å². The molecule has 3 amide bonds. The minimum atomic E-state index is -1.15. The molecule has 4 aliphatic rings. The van der Waals surface area contributed by atoms with Gasteiger partial charge in [-0.05, 0) is 102 Å². The largest absolute Gasteiger partial charge is 0.464 e. The Hall–Kier alpha value is -4.94. The van der Waals surface area contributed by atoms with E-state index in [0.717, 1.165) is 50.2 Å². The van der Waals surface area contributed by atoms with Gasteiger partial charge in [0.15, 0.2) is 0 Å². The Balaban J connectivity index is 1.17. The van der Waals surface area contributed by atoms with Crippen molar-refractivity contribution in [3.05, 3.63) is 57.7 Å². The molecule has 3 N–H and O–H groups in total. The average Bonchev–Trinajstić information content (AvgIpc) is 3.57. The number of nitrogens with one attached hydrogen (secondary N) is 2. The first-order chi connectivity index (χ1) is 33.1. The van der Waals surface area contributed by atoms with Crippen molar-refractivity contribution in [2.45, 2.75) is 137 Å². The number of piperidine rings is 1. The maximum atomic E-state index is 14.3. The lowest BCUT2D eigenvalue weighted by molar-refractivity contribution is -0.155. The van der Waals surface area contributed by atoms with Crippen molar-refractivity contribution in [1.82, 2.24) is 40.1 Å². The summed E-state index contributed by atoms with van der Waals surface area (Å²) in [6.45, 7) is 21.6. The summed E-state index contributed by atoms with van der Waals surface area (Å²) in [6, 6.07) is 6.90. The number of esters is 1. The second kappa shape index (κ2) is 20.3. The lowest BCUT2D eigenvalue weighted by Gasteiger charge is -2.39. The lowest BCUT2D eigenvalue weighted by atomic mass is 9.82. The molecule has 0 radical (unpaired) electrons. The number of amides is 3. The van der Waals surface area contributed by atoms with Crippen LogP contribution in [0.15, 0.2) is 35.8 Å². The van der Waals surface area contributed by atoms with Crippen molar-refractivity contribution in [1.29, 1.82) is 0 Å². The molecule has 3 fully saturated rings. The SMILES string of the molecule is CCn1c(-c2cc(C3(O)CCN(CCN(C)C(=O)OC(C)(C)C)CC3)cnc2[C@H](C)OC)c2c3cc(ccc31)-c1csc(n1)C[C@H](NC(=O)C1[C@@H](C)[C@H]1C)C(=O)N1CCC[C@H](N1)C(=O)OCC(C)(C)C2. The molecule has 3 aliphatic heterocycles. The molecule has 1 aliphatic carbocycles. The zero-order valence-electron chi connectivity index (χ0n) is 43.0. The monoisotopic (exact) mass is 983 g/mol. The van der Waals surface area contributed by atoms with Crippen molar-refractivity contribution in [3.8, 4) is 22.5 Å². The number of hydrogen-bond acceptors (Lipinski definition) is 13. The number of aliphatic hydroxyl groups is 1. The summed E-state index contributed by atoms with van der Waals surface area (Å²) in [7, 11) is 3.42. The van der Waals surface area contributed by atoms with Gasteiger partial charge in [-0.3, -0.25) is 24.4 Å². The number of cyclic esters (lactones) is 1. The fraction of sp³-hybridized carbons (Fsp3) is 0.623. The van der Waals surface area contributed by atoms with E-state index in [1.807, 2.05) is 33.1 Å². The van der Waals surface area contributed by atoms with E-state index >= 15 is 0 Å². The Bertz CT molecular complexity index is 2590. The van der Waals surface area contributed by atoms with Gasteiger partial charge in [0, 0.05) is 110 Å². The van der Waals surface area contributed by atoms with Crippen LogP contribution in [0.4, 0.5) is 4.79 Å². The maximum Gasteiger partial charge on any atom is 0.410 e. The van der Waals surface area contributed by atoms with Crippen molar-refractivity contribution in [3.63, 3.8) is 0 Å². The minimum Gasteiger partial charge on any atom is -0.464 e. The van der Waals surface area contributed by atoms with Crippen molar-refractivity contribution in [2.24, 2.45) is 23.2 Å². The summed E-state index contributed by atoms with van der Waals surface area (Å²) in [5.74, 6) is -0.544. The highest BCUT2D eigenvalue weighted by molar-refractivity contribution is 7.10. The fourth-order valence-corrected chi connectivity index (χ4v) is 11.3. The van der Waals surface area contributed by atoms with E-state index in [0.29, 0.717) is 76.4 Å². The van der Waals surface area contributed by atoms with Gasteiger partial charge in [0.25, 0.3) is 5.91 Å². The topological polar surface area (TPSA) is 181 Å². The molecule has 0 spiro atoms. The number of aryl methyl sites for hydroxylation is 1. The number of aromatic nitrogens is 3. The van der Waals surface area contributed by atoms with Gasteiger partial charge in [0.05, 0.1) is 40.4 Å². The molecule has 6 atom stereocenters. The second-order valence-corrected chi connectivity index (χ2v) is 23.0. The second-order valence-electron chi connectivity index (χ2n) is 22.0. The quantitative estimate of drug-likeness (QED) is 0.136. The highest BCUT2D eigenvalue weighted by atomic mass is 32.1. The predicted octanol–water partition coefficient (Wildman–Crippen LogP) is 7.25. The predicted molar refractivity (Wildman–Crippen MR) is 270 cm³/mol. The van der Waals surface area contributed by atoms with Crippen LogP contribution < -0.4 is 10.7 Å². The van der Waals surface area contributed by atoms with Crippen LogP contribution in [0.1, 0.15) is 116 Å². The third-order valence-corrected chi connectivity index (χ3v) is 15.9. The molecule has 6 heterocycles. The number of fused-ring (bicyclic) bond motifs is 6. The molecule has 8 rings (SSSR count).